The van der Waals surface area contributed by atoms with Crippen LogP contribution in [0.25, 0.3) is 0 Å². The summed E-state index contributed by atoms with van der Waals surface area (Å²) >= 11 is 0. The molecule has 1 saturated carbocycles. The average Bonchev–Trinajstić information content (AvgIpc) is 3.94. The first-order chi connectivity index (χ1) is 31.3. The van der Waals surface area contributed by atoms with Crippen molar-refractivity contribution in [1.82, 2.24) is 20.0 Å². The second-order valence-corrected chi connectivity index (χ2v) is 19.5. The molecule has 10 rings (SSSR count). The Bertz CT molecular complexity index is 2370. The molecular weight excluding hydrogens is 840 g/mol. The first-order valence-corrected chi connectivity index (χ1v) is 23.4. The van der Waals surface area contributed by atoms with Crippen LogP contribution in [0.3, 0.4) is 0 Å². The van der Waals surface area contributed by atoms with Crippen LogP contribution in [0.15, 0.2) is 48.5 Å². The summed E-state index contributed by atoms with van der Waals surface area (Å²) in [5.74, 6) is -2.03. The lowest BCUT2D eigenvalue weighted by Crippen LogP contribution is -2.62. The number of piperidine rings is 3. The van der Waals surface area contributed by atoms with E-state index in [0.29, 0.717) is 99.9 Å². The maximum absolute atomic E-state index is 16.4. The number of piperazine rings is 1. The van der Waals surface area contributed by atoms with E-state index in [0.717, 1.165) is 75.7 Å². The van der Waals surface area contributed by atoms with E-state index in [1.165, 1.54) is 23.1 Å². The molecule has 346 valence electrons. The number of ether oxygens (including phenoxy) is 1. The summed E-state index contributed by atoms with van der Waals surface area (Å²) < 4.78 is 53.0. The van der Waals surface area contributed by atoms with Gasteiger partial charge in [-0.3, -0.25) is 34.3 Å². The van der Waals surface area contributed by atoms with Crippen molar-refractivity contribution in [1.29, 1.82) is 0 Å². The first kappa shape index (κ1) is 43.5. The number of hydrogen-bond donors (Lipinski definition) is 2. The normalized spacial score (nSPS) is 25.0. The van der Waals surface area contributed by atoms with Gasteiger partial charge in [-0.1, -0.05) is 18.9 Å². The number of fused-ring (bicyclic) bond motifs is 1. The Hall–Kier alpha value is -5.35. The fourth-order valence-corrected chi connectivity index (χ4v) is 12.1. The summed E-state index contributed by atoms with van der Waals surface area (Å²) in [4.78, 5) is 63.0. The van der Waals surface area contributed by atoms with E-state index in [1.54, 1.807) is 24.1 Å². The second-order valence-electron chi connectivity index (χ2n) is 19.5. The molecule has 1 aliphatic carbocycles. The molecule has 2 atom stereocenters. The van der Waals surface area contributed by atoms with E-state index in [1.807, 2.05) is 12.1 Å². The Kier molecular flexibility index (Phi) is 11.5. The zero-order valence-corrected chi connectivity index (χ0v) is 37.0. The van der Waals surface area contributed by atoms with Crippen LogP contribution in [0.1, 0.15) is 91.7 Å². The van der Waals surface area contributed by atoms with Crippen LogP contribution in [0, 0.1) is 23.0 Å². The molecule has 65 heavy (non-hydrogen) atoms. The summed E-state index contributed by atoms with van der Waals surface area (Å²) in [7, 11) is 1.54. The standard InChI is InChI=1S/C49H58F3N7O6/c1-65-41-27-40(37(51)26-35(41)44-49(13-2-3-14-49)47(64)59(44)38-6-4-5-36(50)43(38)61)57-17-11-31(12-18-57)28-54-21-23-55(24-22-54)30-48(52)15-19-56(20-16-48)33-7-8-34-32(25-33)29-58(46(34)63)39-9-10-42(60)53-45(39)62/h4-8,25-27,31,39,44,61H,2-3,9-24,28-30H2,1H3,(H,53,60,62)/t39-,44+/m1/s1. The number of amides is 4. The Morgan fingerprint density at radius 2 is 1.52 bits per heavy atom. The molecule has 3 aromatic carbocycles. The molecule has 5 saturated heterocycles. The topological polar surface area (TPSA) is 129 Å². The molecule has 0 bridgehead atoms. The smallest absolute Gasteiger partial charge is 0.255 e. The predicted molar refractivity (Wildman–Crippen MR) is 238 cm³/mol. The zero-order chi connectivity index (χ0) is 45.2. The molecule has 13 nitrogen and oxygen atoms in total. The highest BCUT2D eigenvalue weighted by Crippen LogP contribution is 2.62. The molecule has 3 aromatic rings. The number of benzene rings is 3. The van der Waals surface area contributed by atoms with E-state index in [4.69, 9.17) is 4.74 Å². The molecule has 6 fully saturated rings. The van der Waals surface area contributed by atoms with Crippen LogP contribution >= 0.6 is 0 Å². The largest absolute Gasteiger partial charge is 0.503 e. The lowest BCUT2D eigenvalue weighted by Gasteiger charge is -2.55. The van der Waals surface area contributed by atoms with Gasteiger partial charge in [0.2, 0.25) is 17.7 Å². The van der Waals surface area contributed by atoms with Gasteiger partial charge in [0.1, 0.15) is 23.3 Å². The number of halogens is 3. The van der Waals surface area contributed by atoms with Gasteiger partial charge in [0.05, 0.1) is 29.9 Å². The molecule has 1 spiro atoms. The monoisotopic (exact) mass is 897 g/mol. The van der Waals surface area contributed by atoms with Crippen LogP contribution in [0.4, 0.5) is 30.2 Å². The molecule has 2 N–H and O–H groups in total. The van der Waals surface area contributed by atoms with Crippen molar-refractivity contribution < 1.29 is 42.2 Å². The van der Waals surface area contributed by atoms with Gasteiger partial charge in [0, 0.05) is 114 Å². The number of para-hydroxylation sites is 1. The van der Waals surface area contributed by atoms with Crippen LogP contribution in [-0.2, 0) is 20.9 Å². The van der Waals surface area contributed by atoms with E-state index >= 15 is 8.78 Å². The van der Waals surface area contributed by atoms with Crippen molar-refractivity contribution >= 4 is 40.7 Å². The Balaban J connectivity index is 0.699. The minimum atomic E-state index is -1.28. The SMILES string of the molecule is COc1cc(N2CCC(CN3CCN(CC4(F)CCN(c5ccc6c(c5)CN([C@@H]5CCC(=O)NC5=O)C6=O)CC4)CC3)CC2)c(F)cc1[C@@H]1N(c2cccc(F)c2O)C(=O)C12CCCC2. The number of anilines is 3. The van der Waals surface area contributed by atoms with Crippen molar-refractivity contribution in [2.24, 2.45) is 11.3 Å². The number of carbonyl (C=O) groups is 4. The molecule has 4 amide bonds. The third-order valence-corrected chi connectivity index (χ3v) is 15.7. The number of aromatic hydroxyl groups is 1. The molecular formula is C49H58F3N7O6. The maximum Gasteiger partial charge on any atom is 0.255 e. The third-order valence-electron chi connectivity index (χ3n) is 15.7. The predicted octanol–water partition coefficient (Wildman–Crippen LogP) is 5.93. The quantitative estimate of drug-likeness (QED) is 0.187. The molecule has 0 radical (unpaired) electrons. The number of phenols is 1. The van der Waals surface area contributed by atoms with E-state index in [-0.39, 0.29) is 29.8 Å². The highest BCUT2D eigenvalue weighted by Gasteiger charge is 2.63. The number of hydrogen-bond acceptors (Lipinski definition) is 10. The molecule has 16 heteroatoms. The van der Waals surface area contributed by atoms with Crippen molar-refractivity contribution in [3.05, 3.63) is 76.9 Å². The lowest BCUT2D eigenvalue weighted by atomic mass is 9.66. The average molecular weight is 898 g/mol. The van der Waals surface area contributed by atoms with Gasteiger partial charge in [-0.15, -0.1) is 0 Å². The van der Waals surface area contributed by atoms with Gasteiger partial charge in [0.15, 0.2) is 11.6 Å². The third kappa shape index (κ3) is 7.87. The van der Waals surface area contributed by atoms with Gasteiger partial charge in [-0.05, 0) is 80.0 Å². The number of carbonyl (C=O) groups excluding carboxylic acids is 4. The van der Waals surface area contributed by atoms with Crippen LogP contribution < -0.4 is 24.8 Å². The summed E-state index contributed by atoms with van der Waals surface area (Å²) in [6.07, 6.45) is 6.15. The van der Waals surface area contributed by atoms with Crippen LogP contribution in [-0.4, -0.2) is 128 Å². The summed E-state index contributed by atoms with van der Waals surface area (Å²) in [5, 5.41) is 13.0. The number of methoxy groups -OCH3 is 1. The molecule has 0 unspecified atom stereocenters. The van der Waals surface area contributed by atoms with Gasteiger partial charge >= 0.3 is 0 Å². The van der Waals surface area contributed by atoms with Crippen molar-refractivity contribution in [2.45, 2.75) is 88.5 Å². The highest BCUT2D eigenvalue weighted by atomic mass is 19.1. The van der Waals surface area contributed by atoms with Gasteiger partial charge in [-0.2, -0.15) is 0 Å². The zero-order valence-electron chi connectivity index (χ0n) is 37.0. The van der Waals surface area contributed by atoms with Gasteiger partial charge < -0.3 is 29.4 Å². The molecule has 0 aromatic heterocycles. The second kappa shape index (κ2) is 17.1. The number of alkyl halides is 1. The molecule has 6 heterocycles. The first-order valence-electron chi connectivity index (χ1n) is 23.4. The number of nitrogens with zero attached hydrogens (tertiary/aromatic N) is 6. The number of nitrogens with one attached hydrogen (secondary N) is 1. The van der Waals surface area contributed by atoms with Crippen LogP contribution in [0.5, 0.6) is 11.5 Å². The minimum Gasteiger partial charge on any atom is -0.503 e. The van der Waals surface area contributed by atoms with Gasteiger partial charge in [-0.25, -0.2) is 13.2 Å². The Morgan fingerprint density at radius 1 is 0.800 bits per heavy atom. The van der Waals surface area contributed by atoms with Gasteiger partial charge in [0.25, 0.3) is 5.91 Å². The number of phenolic OH excluding ortho intramolecular Hbond substituents is 1. The van der Waals surface area contributed by atoms with Crippen molar-refractivity contribution in [2.75, 3.05) is 87.3 Å². The van der Waals surface area contributed by atoms with E-state index in [9.17, 15) is 28.7 Å². The van der Waals surface area contributed by atoms with Crippen molar-refractivity contribution in [3.8, 4) is 11.5 Å². The van der Waals surface area contributed by atoms with E-state index < -0.39 is 46.5 Å². The summed E-state index contributed by atoms with van der Waals surface area (Å²) in [5.41, 5.74) is 1.39. The molecule has 7 aliphatic rings. The van der Waals surface area contributed by atoms with E-state index in [2.05, 4.69) is 24.9 Å². The van der Waals surface area contributed by atoms with Crippen molar-refractivity contribution in [3.63, 3.8) is 0 Å². The minimum absolute atomic E-state index is 0.0776. The summed E-state index contributed by atoms with van der Waals surface area (Å²) in [6.45, 7) is 7.53. The van der Waals surface area contributed by atoms with Crippen LogP contribution in [0.2, 0.25) is 0 Å². The summed E-state index contributed by atoms with van der Waals surface area (Å²) in [6, 6.07) is 11.8. The number of β-lactam (4-membered cyclic amide) rings is 1. The fourth-order valence-electron chi connectivity index (χ4n) is 12.1. The lowest BCUT2D eigenvalue weighted by molar-refractivity contribution is -0.140. The Labute approximate surface area is 377 Å². The fraction of sp³-hybridized carbons (Fsp3) is 0.551. The number of imide groups is 1. The Morgan fingerprint density at radius 3 is 2.23 bits per heavy atom. The highest BCUT2D eigenvalue weighted by molar-refractivity contribution is 6.08. The number of rotatable bonds is 10. The molecule has 6 aliphatic heterocycles. The maximum atomic E-state index is 16.4.